The van der Waals surface area contributed by atoms with Gasteiger partial charge in [0.2, 0.25) is 0 Å². The molecule has 0 fully saturated rings. The molecule has 1 aromatic rings. The third-order valence-electron chi connectivity index (χ3n) is 2.74. The van der Waals surface area contributed by atoms with Crippen LogP contribution in [0, 0.1) is 24.0 Å². The van der Waals surface area contributed by atoms with Crippen LogP contribution in [0.3, 0.4) is 0 Å². The highest BCUT2D eigenvalue weighted by molar-refractivity contribution is 5.47. The lowest BCUT2D eigenvalue weighted by molar-refractivity contribution is -0.386. The first-order chi connectivity index (χ1) is 7.47. The topological polar surface area (TPSA) is 82.0 Å². The largest absolute Gasteiger partial charge is 0.327 e. The monoisotopic (exact) mass is 223 g/mol. The maximum Gasteiger partial charge on any atom is 0.278 e. The molecule has 1 aromatic heterocycles. The van der Waals surface area contributed by atoms with Gasteiger partial charge in [0.25, 0.3) is 5.69 Å². The van der Waals surface area contributed by atoms with Crippen LogP contribution in [0.4, 0.5) is 5.69 Å². The van der Waals surface area contributed by atoms with Gasteiger partial charge in [-0.05, 0) is 20.3 Å². The minimum absolute atomic E-state index is 0.00788. The van der Waals surface area contributed by atoms with Crippen LogP contribution >= 0.6 is 0 Å². The number of hydrogen-bond acceptors (Lipinski definition) is 4. The van der Waals surface area contributed by atoms with Gasteiger partial charge in [-0.15, -0.1) is 0 Å². The third-order valence-corrected chi connectivity index (χ3v) is 2.74. The van der Waals surface area contributed by atoms with Crippen molar-refractivity contribution in [3.63, 3.8) is 0 Å². The summed E-state index contributed by atoms with van der Waals surface area (Å²) in [6.45, 7) is 5.42. The van der Waals surface area contributed by atoms with Crippen LogP contribution in [0.2, 0.25) is 0 Å². The van der Waals surface area contributed by atoms with Gasteiger partial charge in [0.15, 0.2) is 0 Å². The van der Waals surface area contributed by atoms with E-state index in [9.17, 15) is 10.1 Å². The van der Waals surface area contributed by atoms with Gasteiger partial charge in [-0.3, -0.25) is 15.1 Å². The molecular weight excluding hydrogens is 206 g/mol. The van der Waals surface area contributed by atoms with Crippen molar-refractivity contribution < 1.29 is 4.92 Å². The second-order valence-electron chi connectivity index (χ2n) is 3.99. The molecular formula is C11H17N3O2. The van der Waals surface area contributed by atoms with Crippen molar-refractivity contribution in [2.24, 2.45) is 5.73 Å². The fraction of sp³-hybridized carbons (Fsp3) is 0.545. The van der Waals surface area contributed by atoms with E-state index < -0.39 is 0 Å². The average molecular weight is 223 g/mol. The Balaban J connectivity index is 3.13. The molecule has 1 atom stereocenters. The molecule has 0 aliphatic carbocycles. The fourth-order valence-electron chi connectivity index (χ4n) is 1.64. The summed E-state index contributed by atoms with van der Waals surface area (Å²) in [5.41, 5.74) is 7.94. The van der Waals surface area contributed by atoms with E-state index in [1.54, 1.807) is 20.0 Å². The van der Waals surface area contributed by atoms with Gasteiger partial charge in [0.1, 0.15) is 0 Å². The third kappa shape index (κ3) is 2.55. The van der Waals surface area contributed by atoms with Crippen LogP contribution < -0.4 is 5.73 Å². The first-order valence-corrected chi connectivity index (χ1v) is 5.32. The fourth-order valence-corrected chi connectivity index (χ4v) is 1.64. The minimum Gasteiger partial charge on any atom is -0.327 e. The standard InChI is InChI=1S/C11H17N3O2/c1-4-9(12)5-10-8(3)11(14(15)16)7(2)6-13-10/h6,9H,4-5,12H2,1-3H3. The molecule has 0 amide bonds. The SMILES string of the molecule is CCC(N)Cc1ncc(C)c([N+](=O)[O-])c1C. The van der Waals surface area contributed by atoms with Gasteiger partial charge in [-0.1, -0.05) is 6.92 Å². The minimum atomic E-state index is -0.354. The molecule has 5 heteroatoms. The van der Waals surface area contributed by atoms with E-state index in [4.69, 9.17) is 5.73 Å². The summed E-state index contributed by atoms with van der Waals surface area (Å²) in [7, 11) is 0. The predicted molar refractivity (Wildman–Crippen MR) is 62.3 cm³/mol. The maximum atomic E-state index is 10.9. The van der Waals surface area contributed by atoms with Gasteiger partial charge in [-0.2, -0.15) is 0 Å². The Morgan fingerprint density at radius 3 is 2.69 bits per heavy atom. The van der Waals surface area contributed by atoms with Crippen molar-refractivity contribution in [2.75, 3.05) is 0 Å². The van der Waals surface area contributed by atoms with Crippen LogP contribution in [-0.2, 0) is 6.42 Å². The first kappa shape index (κ1) is 12.6. The summed E-state index contributed by atoms with van der Waals surface area (Å²) in [5.74, 6) is 0. The Bertz CT molecular complexity index is 404. The lowest BCUT2D eigenvalue weighted by atomic mass is 10.0. The number of hydrogen-bond donors (Lipinski definition) is 1. The van der Waals surface area contributed by atoms with Crippen LogP contribution in [-0.4, -0.2) is 15.9 Å². The van der Waals surface area contributed by atoms with E-state index in [0.29, 0.717) is 17.5 Å². The first-order valence-electron chi connectivity index (χ1n) is 5.32. The summed E-state index contributed by atoms with van der Waals surface area (Å²) in [5, 5.41) is 10.9. The van der Waals surface area contributed by atoms with Gasteiger partial charge < -0.3 is 5.73 Å². The van der Waals surface area contributed by atoms with Crippen molar-refractivity contribution in [1.29, 1.82) is 0 Å². The molecule has 0 radical (unpaired) electrons. The zero-order valence-electron chi connectivity index (χ0n) is 9.86. The number of nitro groups is 1. The number of nitrogens with two attached hydrogens (primary N) is 1. The summed E-state index contributed by atoms with van der Waals surface area (Å²) >= 11 is 0. The molecule has 0 spiro atoms. The molecule has 0 aliphatic heterocycles. The molecule has 5 nitrogen and oxygen atoms in total. The smallest absolute Gasteiger partial charge is 0.278 e. The van der Waals surface area contributed by atoms with Crippen LogP contribution in [0.5, 0.6) is 0 Å². The normalized spacial score (nSPS) is 12.5. The number of pyridine rings is 1. The van der Waals surface area contributed by atoms with Gasteiger partial charge in [0.05, 0.1) is 10.6 Å². The Morgan fingerprint density at radius 1 is 1.56 bits per heavy atom. The Hall–Kier alpha value is -1.49. The average Bonchev–Trinajstić information content (AvgIpc) is 2.21. The number of nitrogens with zero attached hydrogens (tertiary/aromatic N) is 2. The Labute approximate surface area is 94.8 Å². The van der Waals surface area contributed by atoms with E-state index in [2.05, 4.69) is 4.98 Å². The molecule has 0 aliphatic rings. The van der Waals surface area contributed by atoms with E-state index in [1.807, 2.05) is 6.92 Å². The lowest BCUT2D eigenvalue weighted by Crippen LogP contribution is -2.22. The van der Waals surface area contributed by atoms with Gasteiger partial charge >= 0.3 is 0 Å². The Morgan fingerprint density at radius 2 is 2.19 bits per heavy atom. The molecule has 0 saturated heterocycles. The number of rotatable bonds is 4. The van der Waals surface area contributed by atoms with Crippen LogP contribution in [0.25, 0.3) is 0 Å². The zero-order valence-corrected chi connectivity index (χ0v) is 9.86. The number of aryl methyl sites for hydroxylation is 1. The molecule has 0 aromatic carbocycles. The Kier molecular flexibility index (Phi) is 3.95. The summed E-state index contributed by atoms with van der Waals surface area (Å²) in [4.78, 5) is 14.8. The zero-order chi connectivity index (χ0) is 12.3. The van der Waals surface area contributed by atoms with Crippen molar-refractivity contribution in [2.45, 2.75) is 39.7 Å². The van der Waals surface area contributed by atoms with Gasteiger partial charge in [0, 0.05) is 29.8 Å². The highest BCUT2D eigenvalue weighted by Crippen LogP contribution is 2.24. The molecule has 1 unspecified atom stereocenters. The van der Waals surface area contributed by atoms with E-state index in [0.717, 1.165) is 12.1 Å². The molecule has 0 bridgehead atoms. The maximum absolute atomic E-state index is 10.9. The van der Waals surface area contributed by atoms with Crippen molar-refractivity contribution in [1.82, 2.24) is 4.98 Å². The highest BCUT2D eigenvalue weighted by atomic mass is 16.6. The van der Waals surface area contributed by atoms with Crippen LogP contribution in [0.15, 0.2) is 6.20 Å². The summed E-state index contributed by atoms with van der Waals surface area (Å²) < 4.78 is 0. The second-order valence-corrected chi connectivity index (χ2v) is 3.99. The lowest BCUT2D eigenvalue weighted by Gasteiger charge is -2.11. The van der Waals surface area contributed by atoms with E-state index in [-0.39, 0.29) is 16.7 Å². The van der Waals surface area contributed by atoms with E-state index >= 15 is 0 Å². The number of aromatic nitrogens is 1. The molecule has 1 rings (SSSR count). The second kappa shape index (κ2) is 5.03. The molecule has 16 heavy (non-hydrogen) atoms. The summed E-state index contributed by atoms with van der Waals surface area (Å²) in [6, 6.07) is 0.00788. The summed E-state index contributed by atoms with van der Waals surface area (Å²) in [6.07, 6.45) is 2.97. The quantitative estimate of drug-likeness (QED) is 0.624. The molecule has 2 N–H and O–H groups in total. The molecule has 0 saturated carbocycles. The van der Waals surface area contributed by atoms with E-state index in [1.165, 1.54) is 0 Å². The van der Waals surface area contributed by atoms with Crippen LogP contribution in [0.1, 0.15) is 30.2 Å². The van der Waals surface area contributed by atoms with Crippen molar-refractivity contribution in [3.05, 3.63) is 33.1 Å². The highest BCUT2D eigenvalue weighted by Gasteiger charge is 2.19. The molecule has 88 valence electrons. The predicted octanol–water partition coefficient (Wildman–Crippen LogP) is 1.89. The van der Waals surface area contributed by atoms with Crippen molar-refractivity contribution >= 4 is 5.69 Å². The van der Waals surface area contributed by atoms with Crippen molar-refractivity contribution in [3.8, 4) is 0 Å². The molecule has 1 heterocycles. The van der Waals surface area contributed by atoms with Gasteiger partial charge in [-0.25, -0.2) is 0 Å².